The maximum absolute atomic E-state index is 12.2. The molecule has 0 atom stereocenters. The number of amides is 1. The minimum absolute atomic E-state index is 0.0438. The van der Waals surface area contributed by atoms with E-state index in [4.69, 9.17) is 0 Å². The summed E-state index contributed by atoms with van der Waals surface area (Å²) in [6, 6.07) is 10.4. The first-order valence-corrected chi connectivity index (χ1v) is 7.94. The molecule has 0 aliphatic heterocycles. The van der Waals surface area contributed by atoms with Crippen molar-refractivity contribution < 1.29 is 4.79 Å². The highest BCUT2D eigenvalue weighted by Gasteiger charge is 2.15. The Bertz CT molecular complexity index is 593. The molecule has 1 heterocycles. The molecule has 0 radical (unpaired) electrons. The van der Waals surface area contributed by atoms with Gasteiger partial charge in [0.15, 0.2) is 5.13 Å². The predicted octanol–water partition coefficient (Wildman–Crippen LogP) is 3.24. The molecule has 0 aliphatic rings. The number of anilines is 1. The van der Waals surface area contributed by atoms with Crippen LogP contribution in [0.25, 0.3) is 0 Å². The quantitative estimate of drug-likeness (QED) is 0.861. The zero-order valence-electron chi connectivity index (χ0n) is 12.6. The van der Waals surface area contributed by atoms with Crippen molar-refractivity contribution in [2.24, 2.45) is 0 Å². The van der Waals surface area contributed by atoms with E-state index in [1.54, 1.807) is 0 Å². The lowest BCUT2D eigenvalue weighted by Gasteiger charge is -2.05. The second kappa shape index (κ2) is 7.22. The third-order valence-corrected chi connectivity index (χ3v) is 4.04. The van der Waals surface area contributed by atoms with Gasteiger partial charge in [-0.3, -0.25) is 4.79 Å². The molecule has 0 bridgehead atoms. The molecule has 0 spiro atoms. The number of nitrogens with one attached hydrogen (secondary N) is 2. The Balaban J connectivity index is 1.90. The minimum atomic E-state index is -0.0438. The van der Waals surface area contributed by atoms with Gasteiger partial charge in [0.25, 0.3) is 5.91 Å². The van der Waals surface area contributed by atoms with E-state index in [9.17, 15) is 4.79 Å². The Morgan fingerprint density at radius 3 is 2.67 bits per heavy atom. The lowest BCUT2D eigenvalue weighted by atomic mass is 10.1. The van der Waals surface area contributed by atoms with Gasteiger partial charge in [0.2, 0.25) is 0 Å². The molecule has 0 saturated carbocycles. The number of rotatable bonds is 6. The van der Waals surface area contributed by atoms with E-state index in [1.807, 2.05) is 25.1 Å². The lowest BCUT2D eigenvalue weighted by Crippen LogP contribution is -2.25. The monoisotopic (exact) mass is 303 g/mol. The Morgan fingerprint density at radius 1 is 1.29 bits per heavy atom. The number of thiazole rings is 1. The van der Waals surface area contributed by atoms with Crippen molar-refractivity contribution in [1.82, 2.24) is 10.3 Å². The zero-order valence-corrected chi connectivity index (χ0v) is 13.5. The van der Waals surface area contributed by atoms with Crippen LogP contribution in [0.1, 0.15) is 34.8 Å². The second-order valence-corrected chi connectivity index (χ2v) is 6.22. The van der Waals surface area contributed by atoms with Crippen LogP contribution in [0.4, 0.5) is 5.13 Å². The van der Waals surface area contributed by atoms with Gasteiger partial charge in [-0.25, -0.2) is 4.98 Å². The number of aryl methyl sites for hydroxylation is 1. The van der Waals surface area contributed by atoms with Gasteiger partial charge < -0.3 is 10.6 Å². The van der Waals surface area contributed by atoms with Gasteiger partial charge >= 0.3 is 0 Å². The second-order valence-electron chi connectivity index (χ2n) is 5.22. The molecule has 1 aromatic heterocycles. The summed E-state index contributed by atoms with van der Waals surface area (Å²) in [5, 5.41) is 6.99. The summed E-state index contributed by atoms with van der Waals surface area (Å²) in [6.45, 7) is 6.61. The van der Waals surface area contributed by atoms with Crippen LogP contribution in [-0.4, -0.2) is 23.5 Å². The van der Waals surface area contributed by atoms with Crippen molar-refractivity contribution in [1.29, 1.82) is 0 Å². The average molecular weight is 303 g/mol. The van der Waals surface area contributed by atoms with Crippen molar-refractivity contribution in [2.45, 2.75) is 33.2 Å². The Morgan fingerprint density at radius 2 is 2.00 bits per heavy atom. The highest BCUT2D eigenvalue weighted by atomic mass is 32.1. The van der Waals surface area contributed by atoms with Gasteiger partial charge in [0.05, 0.1) is 5.69 Å². The third-order valence-electron chi connectivity index (χ3n) is 2.96. The summed E-state index contributed by atoms with van der Waals surface area (Å²) < 4.78 is 0. The lowest BCUT2D eigenvalue weighted by molar-refractivity contribution is 0.0957. The molecule has 2 rings (SSSR count). The smallest absolute Gasteiger partial charge is 0.263 e. The molecule has 0 saturated heterocycles. The first-order valence-electron chi connectivity index (χ1n) is 7.12. The summed E-state index contributed by atoms with van der Waals surface area (Å²) in [4.78, 5) is 17.3. The Hall–Kier alpha value is -1.88. The van der Waals surface area contributed by atoms with Gasteiger partial charge in [0, 0.05) is 12.6 Å². The number of nitrogens with zero attached hydrogens (tertiary/aromatic N) is 1. The Labute approximate surface area is 129 Å². The average Bonchev–Trinajstić information content (AvgIpc) is 2.80. The van der Waals surface area contributed by atoms with E-state index in [-0.39, 0.29) is 5.91 Å². The van der Waals surface area contributed by atoms with Gasteiger partial charge in [-0.05, 0) is 32.8 Å². The van der Waals surface area contributed by atoms with Gasteiger partial charge in [-0.15, -0.1) is 0 Å². The first-order chi connectivity index (χ1) is 10.1. The van der Waals surface area contributed by atoms with Crippen molar-refractivity contribution in [3.8, 4) is 0 Å². The maximum atomic E-state index is 12.2. The molecule has 2 N–H and O–H groups in total. The van der Waals surface area contributed by atoms with E-state index >= 15 is 0 Å². The first kappa shape index (κ1) is 15.5. The fourth-order valence-corrected chi connectivity index (χ4v) is 2.99. The summed E-state index contributed by atoms with van der Waals surface area (Å²) in [5.74, 6) is -0.0438. The summed E-state index contributed by atoms with van der Waals surface area (Å²) in [5.41, 5.74) is 2.00. The van der Waals surface area contributed by atoms with E-state index in [2.05, 4.69) is 41.6 Å². The summed E-state index contributed by atoms with van der Waals surface area (Å²) in [7, 11) is 0. The van der Waals surface area contributed by atoms with Crippen molar-refractivity contribution >= 4 is 22.4 Å². The predicted molar refractivity (Wildman–Crippen MR) is 88.1 cm³/mol. The molecule has 5 heteroatoms. The number of hydrogen-bond acceptors (Lipinski definition) is 4. The molecular formula is C16H21N3OS. The van der Waals surface area contributed by atoms with E-state index in [0.717, 1.165) is 17.2 Å². The summed E-state index contributed by atoms with van der Waals surface area (Å²) >= 11 is 1.41. The molecule has 112 valence electrons. The van der Waals surface area contributed by atoms with Gasteiger partial charge in [-0.2, -0.15) is 0 Å². The number of aromatic nitrogens is 1. The van der Waals surface area contributed by atoms with Crippen LogP contribution < -0.4 is 10.6 Å². The zero-order chi connectivity index (χ0) is 15.2. The van der Waals surface area contributed by atoms with Gasteiger partial charge in [-0.1, -0.05) is 41.7 Å². The third kappa shape index (κ3) is 4.56. The van der Waals surface area contributed by atoms with Gasteiger partial charge in [0.1, 0.15) is 4.88 Å². The molecule has 0 fully saturated rings. The van der Waals surface area contributed by atoms with E-state index in [1.165, 1.54) is 16.9 Å². The number of benzene rings is 1. The molecule has 1 amide bonds. The molecule has 4 nitrogen and oxygen atoms in total. The van der Waals surface area contributed by atoms with E-state index in [0.29, 0.717) is 17.5 Å². The fraction of sp³-hybridized carbons (Fsp3) is 0.375. The van der Waals surface area contributed by atoms with Crippen LogP contribution in [0, 0.1) is 6.92 Å². The molecule has 1 aromatic carbocycles. The number of carbonyl (C=O) groups excluding carboxylic acids is 1. The van der Waals surface area contributed by atoms with E-state index < -0.39 is 0 Å². The molecule has 21 heavy (non-hydrogen) atoms. The fourth-order valence-electron chi connectivity index (χ4n) is 1.96. The van der Waals surface area contributed by atoms with Crippen LogP contribution in [0.3, 0.4) is 0 Å². The van der Waals surface area contributed by atoms with Crippen molar-refractivity contribution in [3.63, 3.8) is 0 Å². The van der Waals surface area contributed by atoms with Crippen LogP contribution in [0.15, 0.2) is 30.3 Å². The van der Waals surface area contributed by atoms with Crippen molar-refractivity contribution in [2.75, 3.05) is 11.9 Å². The highest BCUT2D eigenvalue weighted by Crippen LogP contribution is 2.22. The van der Waals surface area contributed by atoms with Crippen LogP contribution in [0.2, 0.25) is 0 Å². The van der Waals surface area contributed by atoms with Crippen LogP contribution in [0.5, 0.6) is 0 Å². The highest BCUT2D eigenvalue weighted by molar-refractivity contribution is 7.17. The molecule has 0 unspecified atom stereocenters. The number of carbonyl (C=O) groups is 1. The van der Waals surface area contributed by atoms with Crippen molar-refractivity contribution in [3.05, 3.63) is 46.5 Å². The van der Waals surface area contributed by atoms with Crippen LogP contribution in [-0.2, 0) is 6.42 Å². The molecule has 2 aromatic rings. The summed E-state index contributed by atoms with van der Waals surface area (Å²) in [6.07, 6.45) is 0.835. The maximum Gasteiger partial charge on any atom is 0.263 e. The topological polar surface area (TPSA) is 54.0 Å². The SMILES string of the molecule is Cc1nc(NC(C)C)sc1C(=O)NCCc1ccccc1. The molecule has 0 aliphatic carbocycles. The van der Waals surface area contributed by atoms with Crippen LogP contribution >= 0.6 is 11.3 Å². The largest absolute Gasteiger partial charge is 0.359 e. The standard InChI is InChI=1S/C16H21N3OS/c1-11(2)18-16-19-12(3)14(21-16)15(20)17-10-9-13-7-5-4-6-8-13/h4-8,11H,9-10H2,1-3H3,(H,17,20)(H,18,19). The Kier molecular flexibility index (Phi) is 5.33. The minimum Gasteiger partial charge on any atom is -0.359 e. The molecular weight excluding hydrogens is 282 g/mol. The normalized spacial score (nSPS) is 10.7. The number of hydrogen-bond donors (Lipinski definition) is 2.